The van der Waals surface area contributed by atoms with Crippen molar-refractivity contribution < 1.29 is 4.79 Å². The summed E-state index contributed by atoms with van der Waals surface area (Å²) in [7, 11) is 1.84. The van der Waals surface area contributed by atoms with Crippen molar-refractivity contribution in [3.63, 3.8) is 0 Å². The fourth-order valence-corrected chi connectivity index (χ4v) is 2.35. The molecular formula is C14H16N4O. The van der Waals surface area contributed by atoms with Crippen LogP contribution in [0.15, 0.2) is 24.4 Å². The van der Waals surface area contributed by atoms with Crippen LogP contribution in [-0.4, -0.2) is 15.7 Å². The van der Waals surface area contributed by atoms with Crippen molar-refractivity contribution >= 4 is 11.6 Å². The molecule has 2 N–H and O–H groups in total. The molecule has 3 rings (SSSR count). The zero-order valence-corrected chi connectivity index (χ0v) is 11.0. The van der Waals surface area contributed by atoms with Gasteiger partial charge in [-0.2, -0.15) is 5.10 Å². The van der Waals surface area contributed by atoms with Crippen molar-refractivity contribution in [1.29, 1.82) is 0 Å². The Morgan fingerprint density at radius 3 is 2.89 bits per heavy atom. The van der Waals surface area contributed by atoms with E-state index in [9.17, 15) is 4.79 Å². The standard InChI is InChI=1S/C14H16N4O/c1-9-13(8-18(2)17-9)16-14(19)10-3-4-11-6-15-7-12(11)5-10/h3-5,8,15H,6-7H2,1-2H3,(H,16,19). The van der Waals surface area contributed by atoms with Gasteiger partial charge in [-0.3, -0.25) is 9.48 Å². The van der Waals surface area contributed by atoms with E-state index in [-0.39, 0.29) is 5.91 Å². The lowest BCUT2D eigenvalue weighted by Crippen LogP contribution is -2.12. The molecule has 2 aromatic rings. The van der Waals surface area contributed by atoms with Crippen molar-refractivity contribution in [3.8, 4) is 0 Å². The molecule has 98 valence electrons. The maximum absolute atomic E-state index is 12.2. The van der Waals surface area contributed by atoms with Gasteiger partial charge >= 0.3 is 0 Å². The molecule has 0 spiro atoms. The van der Waals surface area contributed by atoms with Crippen LogP contribution < -0.4 is 10.6 Å². The van der Waals surface area contributed by atoms with Crippen LogP contribution in [0.1, 0.15) is 27.2 Å². The van der Waals surface area contributed by atoms with E-state index in [4.69, 9.17) is 0 Å². The van der Waals surface area contributed by atoms with E-state index < -0.39 is 0 Å². The molecule has 0 saturated heterocycles. The van der Waals surface area contributed by atoms with Crippen molar-refractivity contribution in [2.45, 2.75) is 20.0 Å². The quantitative estimate of drug-likeness (QED) is 0.857. The molecule has 1 aliphatic heterocycles. The number of nitrogens with one attached hydrogen (secondary N) is 2. The van der Waals surface area contributed by atoms with Crippen LogP contribution in [0.25, 0.3) is 0 Å². The number of carbonyl (C=O) groups is 1. The number of amides is 1. The van der Waals surface area contributed by atoms with Gasteiger partial charge in [-0.15, -0.1) is 0 Å². The van der Waals surface area contributed by atoms with E-state index in [1.54, 1.807) is 4.68 Å². The zero-order chi connectivity index (χ0) is 13.4. The third-order valence-electron chi connectivity index (χ3n) is 3.36. The maximum atomic E-state index is 12.2. The number of aryl methyl sites for hydroxylation is 2. The topological polar surface area (TPSA) is 59.0 Å². The van der Waals surface area contributed by atoms with Crippen LogP contribution in [0.2, 0.25) is 0 Å². The second-order valence-corrected chi connectivity index (χ2v) is 4.84. The molecule has 5 nitrogen and oxygen atoms in total. The first kappa shape index (κ1) is 11.9. The Kier molecular flexibility index (Phi) is 2.83. The highest BCUT2D eigenvalue weighted by Gasteiger charge is 2.14. The number of benzene rings is 1. The lowest BCUT2D eigenvalue weighted by molar-refractivity contribution is 0.102. The molecule has 0 atom stereocenters. The van der Waals surface area contributed by atoms with Crippen molar-refractivity contribution in [2.75, 3.05) is 5.32 Å². The van der Waals surface area contributed by atoms with Crippen molar-refractivity contribution in [2.24, 2.45) is 7.05 Å². The third kappa shape index (κ3) is 2.24. The fourth-order valence-electron chi connectivity index (χ4n) is 2.35. The number of carbonyl (C=O) groups excluding carboxylic acids is 1. The maximum Gasteiger partial charge on any atom is 0.255 e. The van der Waals surface area contributed by atoms with E-state index in [2.05, 4.69) is 15.7 Å². The van der Waals surface area contributed by atoms with Gasteiger partial charge in [-0.25, -0.2) is 0 Å². The SMILES string of the molecule is Cc1nn(C)cc1NC(=O)c1ccc2c(c1)CNC2. The first-order valence-electron chi connectivity index (χ1n) is 6.27. The highest BCUT2D eigenvalue weighted by Crippen LogP contribution is 2.19. The highest BCUT2D eigenvalue weighted by atomic mass is 16.1. The summed E-state index contributed by atoms with van der Waals surface area (Å²) in [4.78, 5) is 12.2. The van der Waals surface area contributed by atoms with Gasteiger partial charge in [0.05, 0.1) is 11.4 Å². The van der Waals surface area contributed by atoms with Crippen LogP contribution in [0, 0.1) is 6.92 Å². The van der Waals surface area contributed by atoms with Crippen LogP contribution >= 0.6 is 0 Å². The Morgan fingerprint density at radius 2 is 2.16 bits per heavy atom. The second kappa shape index (κ2) is 4.51. The van der Waals surface area contributed by atoms with Crippen LogP contribution in [-0.2, 0) is 20.1 Å². The number of hydrogen-bond donors (Lipinski definition) is 2. The van der Waals surface area contributed by atoms with Crippen molar-refractivity contribution in [3.05, 3.63) is 46.8 Å². The lowest BCUT2D eigenvalue weighted by Gasteiger charge is -2.05. The Labute approximate surface area is 111 Å². The number of fused-ring (bicyclic) bond motifs is 1. The molecule has 1 amide bonds. The molecule has 0 saturated carbocycles. The lowest BCUT2D eigenvalue weighted by atomic mass is 10.1. The average molecular weight is 256 g/mol. The van der Waals surface area contributed by atoms with Gasteiger partial charge in [0.1, 0.15) is 0 Å². The molecule has 1 aromatic carbocycles. The first-order valence-corrected chi connectivity index (χ1v) is 6.27. The summed E-state index contributed by atoms with van der Waals surface area (Å²) in [5.41, 5.74) is 4.74. The summed E-state index contributed by atoms with van der Waals surface area (Å²) in [5.74, 6) is -0.0919. The predicted molar refractivity (Wildman–Crippen MR) is 72.9 cm³/mol. The van der Waals surface area contributed by atoms with E-state index in [1.807, 2.05) is 38.4 Å². The fraction of sp³-hybridized carbons (Fsp3) is 0.286. The number of hydrogen-bond acceptors (Lipinski definition) is 3. The summed E-state index contributed by atoms with van der Waals surface area (Å²) < 4.78 is 1.69. The van der Waals surface area contributed by atoms with Gasteiger partial charge in [0, 0.05) is 31.9 Å². The first-order chi connectivity index (χ1) is 9.13. The van der Waals surface area contributed by atoms with Gasteiger partial charge in [0.15, 0.2) is 0 Å². The monoisotopic (exact) mass is 256 g/mol. The molecule has 0 radical (unpaired) electrons. The Balaban J connectivity index is 1.82. The summed E-state index contributed by atoms with van der Waals surface area (Å²) in [6, 6.07) is 5.84. The Bertz CT molecular complexity index is 645. The molecule has 1 aromatic heterocycles. The van der Waals surface area contributed by atoms with Crippen LogP contribution in [0.4, 0.5) is 5.69 Å². The molecular weight excluding hydrogens is 240 g/mol. The minimum atomic E-state index is -0.0919. The Morgan fingerprint density at radius 1 is 1.37 bits per heavy atom. The van der Waals surface area contributed by atoms with E-state index in [1.165, 1.54) is 11.1 Å². The van der Waals surface area contributed by atoms with Gasteiger partial charge in [0.25, 0.3) is 5.91 Å². The minimum Gasteiger partial charge on any atom is -0.319 e. The molecule has 19 heavy (non-hydrogen) atoms. The summed E-state index contributed by atoms with van der Waals surface area (Å²) in [6.45, 7) is 3.60. The Hall–Kier alpha value is -2.14. The molecule has 2 heterocycles. The van der Waals surface area contributed by atoms with Crippen LogP contribution in [0.5, 0.6) is 0 Å². The van der Waals surface area contributed by atoms with E-state index in [0.717, 1.165) is 24.5 Å². The van der Waals surface area contributed by atoms with Gasteiger partial charge < -0.3 is 10.6 Å². The van der Waals surface area contributed by atoms with E-state index >= 15 is 0 Å². The zero-order valence-electron chi connectivity index (χ0n) is 11.0. The second-order valence-electron chi connectivity index (χ2n) is 4.84. The summed E-state index contributed by atoms with van der Waals surface area (Å²) in [5, 5.41) is 10.4. The van der Waals surface area contributed by atoms with E-state index in [0.29, 0.717) is 5.56 Å². The highest BCUT2D eigenvalue weighted by molar-refractivity contribution is 6.04. The number of aromatic nitrogens is 2. The molecule has 5 heteroatoms. The summed E-state index contributed by atoms with van der Waals surface area (Å²) >= 11 is 0. The molecule has 0 bridgehead atoms. The van der Waals surface area contributed by atoms with Gasteiger partial charge in [-0.1, -0.05) is 6.07 Å². The summed E-state index contributed by atoms with van der Waals surface area (Å²) in [6.07, 6.45) is 1.81. The van der Waals surface area contributed by atoms with Crippen molar-refractivity contribution in [1.82, 2.24) is 15.1 Å². The molecule has 0 aliphatic carbocycles. The molecule has 1 aliphatic rings. The number of rotatable bonds is 2. The normalized spacial score (nSPS) is 13.4. The predicted octanol–water partition coefficient (Wildman–Crippen LogP) is 1.58. The smallest absolute Gasteiger partial charge is 0.255 e. The third-order valence-corrected chi connectivity index (χ3v) is 3.36. The number of anilines is 1. The largest absolute Gasteiger partial charge is 0.319 e. The minimum absolute atomic E-state index is 0.0919. The molecule has 0 unspecified atom stereocenters. The number of nitrogens with zero attached hydrogens (tertiary/aromatic N) is 2. The molecule has 0 fully saturated rings. The van der Waals surface area contributed by atoms with Gasteiger partial charge in [0.2, 0.25) is 0 Å². The van der Waals surface area contributed by atoms with Crippen LogP contribution in [0.3, 0.4) is 0 Å². The van der Waals surface area contributed by atoms with Gasteiger partial charge in [-0.05, 0) is 30.2 Å². The average Bonchev–Trinajstić information content (AvgIpc) is 2.95.